The molecule has 1 saturated heterocycles. The maximum Gasteiger partial charge on any atom is 0.144 e. The molecule has 6 rings (SSSR count). The van der Waals surface area contributed by atoms with Gasteiger partial charge in [0.05, 0.1) is 25.2 Å². The van der Waals surface area contributed by atoms with E-state index in [4.69, 9.17) is 4.74 Å². The van der Waals surface area contributed by atoms with Crippen molar-refractivity contribution in [3.05, 3.63) is 0 Å². The van der Waals surface area contributed by atoms with E-state index < -0.39 is 0 Å². The highest BCUT2D eigenvalue weighted by Gasteiger charge is 2.78. The molecule has 1 spiro atoms. The average Bonchev–Trinajstić information content (AvgIpc) is 3.11. The molecule has 5 aliphatic carbocycles. The van der Waals surface area contributed by atoms with E-state index in [1.165, 1.54) is 19.3 Å². The molecule has 1 heterocycles. The summed E-state index contributed by atoms with van der Waals surface area (Å²) in [7, 11) is 0. The number of carbonyl (C=O) groups is 2. The minimum atomic E-state index is -0.390. The Labute approximate surface area is 206 Å². The number of aliphatic hydroxyl groups excluding tert-OH is 1. The predicted octanol–water partition coefficient (Wildman–Crippen LogP) is 5.60. The molecule has 190 valence electrons. The van der Waals surface area contributed by atoms with Crippen LogP contribution in [0.4, 0.5) is 0 Å². The van der Waals surface area contributed by atoms with Crippen LogP contribution in [-0.4, -0.2) is 35.5 Å². The maximum atomic E-state index is 13.7. The second-order valence-corrected chi connectivity index (χ2v) is 15.5. The number of carbonyl (C=O) groups excluding carboxylic acids is 2. The highest BCUT2D eigenvalue weighted by Crippen LogP contribution is 2.79. The smallest absolute Gasteiger partial charge is 0.144 e. The third-order valence-corrected chi connectivity index (χ3v) is 13.6. The van der Waals surface area contributed by atoms with Crippen molar-refractivity contribution >= 4 is 11.6 Å². The fourth-order valence-electron chi connectivity index (χ4n) is 11.7. The van der Waals surface area contributed by atoms with Crippen LogP contribution in [0.5, 0.6) is 0 Å². The van der Waals surface area contributed by atoms with Gasteiger partial charge in [-0.3, -0.25) is 9.59 Å². The summed E-state index contributed by atoms with van der Waals surface area (Å²) in [5, 5.41) is 12.1. The van der Waals surface area contributed by atoms with Gasteiger partial charge in [-0.15, -0.1) is 0 Å². The number of fused-ring (bicyclic) bond motifs is 8. The Bertz CT molecular complexity index is 955. The van der Waals surface area contributed by atoms with Crippen molar-refractivity contribution in [2.75, 3.05) is 6.61 Å². The van der Waals surface area contributed by atoms with Gasteiger partial charge in [0.25, 0.3) is 0 Å². The number of rotatable bonds is 0. The van der Waals surface area contributed by atoms with Crippen molar-refractivity contribution in [2.24, 2.45) is 56.2 Å². The first-order valence-electron chi connectivity index (χ1n) is 14.0. The first-order chi connectivity index (χ1) is 15.6. The van der Waals surface area contributed by atoms with Crippen molar-refractivity contribution in [1.82, 2.24) is 0 Å². The van der Waals surface area contributed by atoms with E-state index in [0.717, 1.165) is 25.7 Å². The van der Waals surface area contributed by atoms with Crippen molar-refractivity contribution in [2.45, 2.75) is 112 Å². The van der Waals surface area contributed by atoms with Crippen LogP contribution in [0.25, 0.3) is 0 Å². The Morgan fingerprint density at radius 1 is 0.882 bits per heavy atom. The molecule has 0 aromatic heterocycles. The zero-order chi connectivity index (χ0) is 24.7. The molecule has 0 amide bonds. The third kappa shape index (κ3) is 2.49. The van der Waals surface area contributed by atoms with Crippen LogP contribution in [0.15, 0.2) is 0 Å². The van der Waals surface area contributed by atoms with E-state index in [1.807, 2.05) is 0 Å². The Morgan fingerprint density at radius 2 is 1.59 bits per heavy atom. The van der Waals surface area contributed by atoms with Gasteiger partial charge in [-0.1, -0.05) is 48.5 Å². The van der Waals surface area contributed by atoms with E-state index >= 15 is 0 Å². The van der Waals surface area contributed by atoms with Gasteiger partial charge in [-0.05, 0) is 78.4 Å². The lowest BCUT2D eigenvalue weighted by Gasteiger charge is -2.75. The summed E-state index contributed by atoms with van der Waals surface area (Å²) in [5.74, 6) is 0.739. The molecule has 0 aromatic carbocycles. The van der Waals surface area contributed by atoms with Crippen LogP contribution in [0, 0.1) is 56.2 Å². The summed E-state index contributed by atoms with van der Waals surface area (Å²) in [6, 6.07) is 0. The first kappa shape index (κ1) is 23.6. The Kier molecular flexibility index (Phi) is 4.57. The van der Waals surface area contributed by atoms with Gasteiger partial charge in [0, 0.05) is 22.7 Å². The molecule has 6 fully saturated rings. The largest absolute Gasteiger partial charge is 0.393 e. The number of hydrogen-bond acceptors (Lipinski definition) is 4. The van der Waals surface area contributed by atoms with Gasteiger partial charge in [-0.25, -0.2) is 0 Å². The molecule has 6 aliphatic rings. The second kappa shape index (κ2) is 6.57. The Morgan fingerprint density at radius 3 is 2.29 bits per heavy atom. The lowest BCUT2D eigenvalue weighted by molar-refractivity contribution is -0.293. The number of hydrogen-bond donors (Lipinski definition) is 1. The molecule has 0 radical (unpaired) electrons. The summed E-state index contributed by atoms with van der Waals surface area (Å²) in [4.78, 5) is 26.5. The van der Waals surface area contributed by atoms with Gasteiger partial charge < -0.3 is 9.84 Å². The SMILES string of the molecule is C[C@H]1C(=O)CC(=O)[C@H]2[C@]3(C)CC[C@@]4(C)[C@@H]5CC(C)(C)CC[C@]5(C)C[C@H](O)[C@]4(C)[C@H]3[C@@H]3C[C@]12CO3. The molecule has 34 heavy (non-hydrogen) atoms. The van der Waals surface area contributed by atoms with E-state index in [-0.39, 0.29) is 75.0 Å². The summed E-state index contributed by atoms with van der Waals surface area (Å²) < 4.78 is 6.63. The maximum absolute atomic E-state index is 13.7. The van der Waals surface area contributed by atoms with Crippen LogP contribution in [0.2, 0.25) is 0 Å². The summed E-state index contributed by atoms with van der Waals surface area (Å²) in [6.45, 7) is 17.1. The van der Waals surface area contributed by atoms with Crippen LogP contribution in [-0.2, 0) is 14.3 Å². The lowest BCUT2D eigenvalue weighted by atomic mass is 9.29. The number of aliphatic hydroxyl groups is 1. The summed E-state index contributed by atoms with van der Waals surface area (Å²) in [5.41, 5.74) is -0.354. The van der Waals surface area contributed by atoms with Gasteiger partial charge in [-0.2, -0.15) is 0 Å². The van der Waals surface area contributed by atoms with E-state index in [0.29, 0.717) is 17.9 Å². The minimum absolute atomic E-state index is 0.00633. The fraction of sp³-hybridized carbons (Fsp3) is 0.933. The molecule has 1 aliphatic heterocycles. The monoisotopic (exact) mass is 470 g/mol. The molecule has 2 bridgehead atoms. The third-order valence-electron chi connectivity index (χ3n) is 13.6. The Hall–Kier alpha value is -0.740. The predicted molar refractivity (Wildman–Crippen MR) is 131 cm³/mol. The van der Waals surface area contributed by atoms with Gasteiger partial charge >= 0.3 is 0 Å². The van der Waals surface area contributed by atoms with Crippen LogP contribution < -0.4 is 0 Å². The van der Waals surface area contributed by atoms with Crippen molar-refractivity contribution in [3.63, 3.8) is 0 Å². The molecule has 4 nitrogen and oxygen atoms in total. The minimum Gasteiger partial charge on any atom is -0.393 e. The highest BCUT2D eigenvalue weighted by atomic mass is 16.5. The topological polar surface area (TPSA) is 63.6 Å². The van der Waals surface area contributed by atoms with E-state index in [1.54, 1.807) is 0 Å². The van der Waals surface area contributed by atoms with Crippen LogP contribution >= 0.6 is 0 Å². The Balaban J connectivity index is 1.50. The average molecular weight is 471 g/mol. The van der Waals surface area contributed by atoms with Crippen molar-refractivity contribution in [3.8, 4) is 0 Å². The molecule has 4 heteroatoms. The van der Waals surface area contributed by atoms with E-state index in [9.17, 15) is 14.7 Å². The number of ether oxygens (including phenoxy) is 1. The quantitative estimate of drug-likeness (QED) is 0.468. The molecule has 5 saturated carbocycles. The van der Waals surface area contributed by atoms with Gasteiger partial charge in [0.2, 0.25) is 0 Å². The lowest BCUT2D eigenvalue weighted by Crippen LogP contribution is -2.74. The number of Topliss-reactive ketones (excluding diaryl/α,β-unsaturated/α-hetero) is 2. The second-order valence-electron chi connectivity index (χ2n) is 15.5. The first-order valence-corrected chi connectivity index (χ1v) is 14.0. The standard InChI is InChI=1S/C30H46O4/c1-17-18(31)12-19(32)23-27(5)10-11-28(6)21-14-25(2,3)8-9-26(21,4)15-22(33)29(28,7)24(27)20-13-30(17,23)16-34-20/h17,20-24,33H,8-16H2,1-7H3/t17-,20-,21+,22-,23-,24-,26+,27-,28-,29+,30-/m0/s1. The summed E-state index contributed by atoms with van der Waals surface area (Å²) in [6.07, 6.45) is 7.10. The van der Waals surface area contributed by atoms with Crippen molar-refractivity contribution in [1.29, 1.82) is 0 Å². The molecule has 0 aromatic rings. The molecular weight excluding hydrogens is 424 g/mol. The molecule has 1 N–H and O–H groups in total. The fourth-order valence-corrected chi connectivity index (χ4v) is 11.7. The highest BCUT2D eigenvalue weighted by molar-refractivity contribution is 6.05. The van der Waals surface area contributed by atoms with Crippen LogP contribution in [0.1, 0.15) is 99.8 Å². The molecule has 11 atom stereocenters. The normalized spacial score (nSPS) is 60.1. The van der Waals surface area contributed by atoms with E-state index in [2.05, 4.69) is 48.5 Å². The van der Waals surface area contributed by atoms with Crippen molar-refractivity contribution < 1.29 is 19.4 Å². The zero-order valence-corrected chi connectivity index (χ0v) is 22.5. The number of ketones is 2. The van der Waals surface area contributed by atoms with Crippen LogP contribution in [0.3, 0.4) is 0 Å². The summed E-state index contributed by atoms with van der Waals surface area (Å²) >= 11 is 0. The molecular formula is C30H46O4. The molecule has 0 unspecified atom stereocenters. The zero-order valence-electron chi connectivity index (χ0n) is 22.5. The van der Waals surface area contributed by atoms with Gasteiger partial charge in [0.1, 0.15) is 11.6 Å². The van der Waals surface area contributed by atoms with Gasteiger partial charge in [0.15, 0.2) is 0 Å².